The van der Waals surface area contributed by atoms with E-state index in [0.29, 0.717) is 23.7 Å². The van der Waals surface area contributed by atoms with Gasteiger partial charge < -0.3 is 19.9 Å². The van der Waals surface area contributed by atoms with Crippen LogP contribution in [-0.4, -0.2) is 60.6 Å². The van der Waals surface area contributed by atoms with E-state index in [1.807, 2.05) is 26.8 Å². The molecule has 0 saturated carbocycles. The largest absolute Gasteiger partial charge is 0.444 e. The molecule has 0 spiro atoms. The van der Waals surface area contributed by atoms with Crippen LogP contribution in [0.3, 0.4) is 0 Å². The number of carbonyl (C=O) groups is 2. The first-order chi connectivity index (χ1) is 12.1. The third-order valence-corrected chi connectivity index (χ3v) is 4.38. The van der Waals surface area contributed by atoms with Crippen LogP contribution in [0.5, 0.6) is 0 Å². The standard InChI is InChI=1S/C19H28ClN3O3/c1-19(2,3)26-18(25)23-10-6-7-14(12-23)21-13-8-9-16(20)15(11-13)17(24)22(4)5/h8-9,11,14,21H,6-7,10,12H2,1-5H3/t14-/m0/s1. The molecule has 6 nitrogen and oxygen atoms in total. The number of piperidine rings is 1. The number of hydrogen-bond acceptors (Lipinski definition) is 4. The minimum atomic E-state index is -0.505. The Morgan fingerprint density at radius 3 is 2.62 bits per heavy atom. The first-order valence-electron chi connectivity index (χ1n) is 8.82. The molecule has 144 valence electrons. The molecule has 0 aliphatic carbocycles. The van der Waals surface area contributed by atoms with Crippen molar-refractivity contribution in [3.8, 4) is 0 Å². The van der Waals surface area contributed by atoms with E-state index in [2.05, 4.69) is 5.32 Å². The number of rotatable bonds is 3. The highest BCUT2D eigenvalue weighted by Crippen LogP contribution is 2.24. The van der Waals surface area contributed by atoms with E-state index in [-0.39, 0.29) is 18.0 Å². The lowest BCUT2D eigenvalue weighted by Gasteiger charge is -2.35. The lowest BCUT2D eigenvalue weighted by molar-refractivity contribution is 0.0206. The molecule has 0 radical (unpaired) electrons. The summed E-state index contributed by atoms with van der Waals surface area (Å²) in [4.78, 5) is 27.7. The van der Waals surface area contributed by atoms with Gasteiger partial charge in [-0.1, -0.05) is 11.6 Å². The summed E-state index contributed by atoms with van der Waals surface area (Å²) < 4.78 is 5.46. The van der Waals surface area contributed by atoms with Gasteiger partial charge in [0.05, 0.1) is 10.6 Å². The number of hydrogen-bond donors (Lipinski definition) is 1. The quantitative estimate of drug-likeness (QED) is 0.863. The summed E-state index contributed by atoms with van der Waals surface area (Å²) in [5.74, 6) is -0.141. The number of ether oxygens (including phenoxy) is 1. The number of nitrogens with one attached hydrogen (secondary N) is 1. The molecule has 0 bridgehead atoms. The topological polar surface area (TPSA) is 61.9 Å². The summed E-state index contributed by atoms with van der Waals surface area (Å²) >= 11 is 6.16. The number of likely N-dealkylation sites (tertiary alicyclic amines) is 1. The molecule has 2 rings (SSSR count). The summed E-state index contributed by atoms with van der Waals surface area (Å²) in [7, 11) is 3.39. The van der Waals surface area contributed by atoms with E-state index in [4.69, 9.17) is 16.3 Å². The van der Waals surface area contributed by atoms with E-state index in [0.717, 1.165) is 18.5 Å². The lowest BCUT2D eigenvalue weighted by Crippen LogP contribution is -2.47. The molecule has 1 saturated heterocycles. The van der Waals surface area contributed by atoms with Crippen molar-refractivity contribution >= 4 is 29.3 Å². The van der Waals surface area contributed by atoms with Crippen molar-refractivity contribution in [3.63, 3.8) is 0 Å². The number of halogens is 1. The maximum atomic E-state index is 12.3. The SMILES string of the molecule is CN(C)C(=O)c1cc(N[C@H]2CCCN(C(=O)OC(C)(C)C)C2)ccc1Cl. The zero-order chi connectivity index (χ0) is 19.5. The van der Waals surface area contributed by atoms with Gasteiger partial charge in [-0.05, 0) is 51.8 Å². The van der Waals surface area contributed by atoms with E-state index < -0.39 is 5.60 Å². The highest BCUT2D eigenvalue weighted by atomic mass is 35.5. The fourth-order valence-electron chi connectivity index (χ4n) is 2.84. The minimum Gasteiger partial charge on any atom is -0.444 e. The normalized spacial score (nSPS) is 17.6. The maximum Gasteiger partial charge on any atom is 0.410 e. The van der Waals surface area contributed by atoms with Crippen molar-refractivity contribution in [3.05, 3.63) is 28.8 Å². The molecule has 1 atom stereocenters. The minimum absolute atomic E-state index is 0.0970. The van der Waals surface area contributed by atoms with E-state index in [1.165, 1.54) is 4.90 Å². The van der Waals surface area contributed by atoms with Crippen LogP contribution in [0.1, 0.15) is 44.0 Å². The second-order valence-corrected chi connectivity index (χ2v) is 8.21. The fourth-order valence-corrected chi connectivity index (χ4v) is 3.04. The fraction of sp³-hybridized carbons (Fsp3) is 0.579. The number of benzene rings is 1. The second-order valence-electron chi connectivity index (χ2n) is 7.80. The van der Waals surface area contributed by atoms with Crippen molar-refractivity contribution < 1.29 is 14.3 Å². The molecule has 1 fully saturated rings. The number of nitrogens with zero attached hydrogens (tertiary/aromatic N) is 2. The molecular formula is C19H28ClN3O3. The van der Waals surface area contributed by atoms with Gasteiger partial charge in [0, 0.05) is 38.9 Å². The summed E-state index contributed by atoms with van der Waals surface area (Å²) in [5, 5.41) is 3.84. The highest BCUT2D eigenvalue weighted by Gasteiger charge is 2.27. The molecule has 1 aliphatic rings. The van der Waals surface area contributed by atoms with Crippen LogP contribution in [0, 0.1) is 0 Å². The Balaban J connectivity index is 2.05. The third kappa shape index (κ3) is 5.53. The van der Waals surface area contributed by atoms with Crippen LogP contribution in [0.15, 0.2) is 18.2 Å². The Morgan fingerprint density at radius 2 is 2.00 bits per heavy atom. The zero-order valence-corrected chi connectivity index (χ0v) is 16.9. The van der Waals surface area contributed by atoms with Crippen LogP contribution in [-0.2, 0) is 4.74 Å². The summed E-state index contributed by atoms with van der Waals surface area (Å²) in [6, 6.07) is 5.42. The van der Waals surface area contributed by atoms with Gasteiger partial charge >= 0.3 is 6.09 Å². The third-order valence-electron chi connectivity index (χ3n) is 4.05. The van der Waals surface area contributed by atoms with Gasteiger partial charge in [-0.3, -0.25) is 4.79 Å². The molecule has 1 aromatic rings. The first kappa shape index (κ1) is 20.4. The van der Waals surface area contributed by atoms with Crippen molar-refractivity contribution in [2.75, 3.05) is 32.5 Å². The number of amides is 2. The van der Waals surface area contributed by atoms with Gasteiger partial charge in [0.25, 0.3) is 5.91 Å². The van der Waals surface area contributed by atoms with Crippen LogP contribution in [0.25, 0.3) is 0 Å². The van der Waals surface area contributed by atoms with E-state index in [9.17, 15) is 9.59 Å². The average molecular weight is 382 g/mol. The molecule has 0 unspecified atom stereocenters. The molecule has 7 heteroatoms. The van der Waals surface area contributed by atoms with E-state index in [1.54, 1.807) is 31.1 Å². The molecule has 0 aromatic heterocycles. The van der Waals surface area contributed by atoms with Crippen molar-refractivity contribution in [1.29, 1.82) is 0 Å². The van der Waals surface area contributed by atoms with Crippen molar-refractivity contribution in [2.24, 2.45) is 0 Å². The summed E-state index contributed by atoms with van der Waals surface area (Å²) in [6.45, 7) is 6.84. The number of carbonyl (C=O) groups excluding carboxylic acids is 2. The molecule has 2 amide bonds. The van der Waals surface area contributed by atoms with Gasteiger partial charge in [-0.25, -0.2) is 4.79 Å². The Morgan fingerprint density at radius 1 is 1.31 bits per heavy atom. The molecular weight excluding hydrogens is 354 g/mol. The predicted octanol–water partition coefficient (Wildman–Crippen LogP) is 3.85. The average Bonchev–Trinajstić information content (AvgIpc) is 2.54. The molecule has 26 heavy (non-hydrogen) atoms. The van der Waals surface area contributed by atoms with E-state index >= 15 is 0 Å². The molecule has 1 aliphatic heterocycles. The Labute approximate surface area is 160 Å². The van der Waals surface area contributed by atoms with Gasteiger partial charge in [-0.15, -0.1) is 0 Å². The van der Waals surface area contributed by atoms with Crippen molar-refractivity contribution in [2.45, 2.75) is 45.3 Å². The first-order valence-corrected chi connectivity index (χ1v) is 9.20. The van der Waals surface area contributed by atoms with Crippen molar-refractivity contribution in [1.82, 2.24) is 9.80 Å². The van der Waals surface area contributed by atoms with Gasteiger partial charge in [0.2, 0.25) is 0 Å². The van der Waals surface area contributed by atoms with Gasteiger partial charge in [-0.2, -0.15) is 0 Å². The zero-order valence-electron chi connectivity index (χ0n) is 16.1. The smallest absolute Gasteiger partial charge is 0.410 e. The summed E-state index contributed by atoms with van der Waals surface area (Å²) in [6.07, 6.45) is 1.55. The second kappa shape index (κ2) is 8.16. The van der Waals surface area contributed by atoms with Crippen LogP contribution < -0.4 is 5.32 Å². The lowest BCUT2D eigenvalue weighted by atomic mass is 10.1. The molecule has 1 N–H and O–H groups in total. The monoisotopic (exact) mass is 381 g/mol. The Kier molecular flexibility index (Phi) is 6.39. The molecule has 1 aromatic carbocycles. The Hall–Kier alpha value is -1.95. The Bertz CT molecular complexity index is 670. The maximum absolute atomic E-state index is 12.3. The highest BCUT2D eigenvalue weighted by molar-refractivity contribution is 6.34. The summed E-state index contributed by atoms with van der Waals surface area (Å²) in [5.41, 5.74) is 0.770. The predicted molar refractivity (Wildman–Crippen MR) is 104 cm³/mol. The molecule has 1 heterocycles. The number of anilines is 1. The van der Waals surface area contributed by atoms with Crippen LogP contribution in [0.2, 0.25) is 5.02 Å². The van der Waals surface area contributed by atoms with Crippen LogP contribution >= 0.6 is 11.6 Å². The van der Waals surface area contributed by atoms with Gasteiger partial charge in [0.15, 0.2) is 0 Å². The van der Waals surface area contributed by atoms with Gasteiger partial charge in [0.1, 0.15) is 5.60 Å². The van der Waals surface area contributed by atoms with Crippen LogP contribution in [0.4, 0.5) is 10.5 Å².